The second kappa shape index (κ2) is 12.6. The van der Waals surface area contributed by atoms with Gasteiger partial charge in [-0.25, -0.2) is 4.98 Å². The number of hydrogen-bond donors (Lipinski definition) is 0. The lowest BCUT2D eigenvalue weighted by atomic mass is 9.97. The molecule has 0 aliphatic rings. The van der Waals surface area contributed by atoms with E-state index in [1.54, 1.807) is 0 Å². The molecule has 0 aliphatic heterocycles. The number of hydrogen-bond acceptors (Lipinski definition) is 4. The third-order valence-corrected chi connectivity index (χ3v) is 10.7. The molecule has 9 aromatic carbocycles. The van der Waals surface area contributed by atoms with Gasteiger partial charge in [0, 0.05) is 39.2 Å². The van der Waals surface area contributed by atoms with Crippen LogP contribution in [0.1, 0.15) is 0 Å². The zero-order valence-electron chi connectivity index (χ0n) is 29.7. The van der Waals surface area contributed by atoms with Gasteiger partial charge in [0.1, 0.15) is 16.7 Å². The number of aromatic nitrogens is 1. The highest BCUT2D eigenvalue weighted by atomic mass is 16.4. The maximum Gasteiger partial charge on any atom is 0.227 e. The van der Waals surface area contributed by atoms with E-state index in [-0.39, 0.29) is 0 Å². The van der Waals surface area contributed by atoms with E-state index < -0.39 is 0 Å². The van der Waals surface area contributed by atoms with Crippen LogP contribution < -0.4 is 4.90 Å². The topological polar surface area (TPSA) is 42.4 Å². The molecule has 0 fully saturated rings. The van der Waals surface area contributed by atoms with Crippen LogP contribution >= 0.6 is 0 Å². The fraction of sp³-hybridized carbons (Fsp3) is 0. The lowest BCUT2D eigenvalue weighted by molar-refractivity contribution is 0.620. The summed E-state index contributed by atoms with van der Waals surface area (Å²) in [5.41, 5.74) is 11.9. The van der Waals surface area contributed by atoms with Crippen LogP contribution in [-0.2, 0) is 0 Å². The quantitative estimate of drug-likeness (QED) is 0.162. The van der Waals surface area contributed by atoms with E-state index in [0.29, 0.717) is 5.89 Å². The predicted octanol–water partition coefficient (Wildman–Crippen LogP) is 14.5. The van der Waals surface area contributed by atoms with Crippen molar-refractivity contribution in [1.29, 1.82) is 0 Å². The van der Waals surface area contributed by atoms with Gasteiger partial charge in [0.05, 0.1) is 5.69 Å². The lowest BCUT2D eigenvalue weighted by Gasteiger charge is -2.28. The summed E-state index contributed by atoms with van der Waals surface area (Å²) >= 11 is 0. The minimum Gasteiger partial charge on any atom is -0.456 e. The largest absolute Gasteiger partial charge is 0.456 e. The first kappa shape index (κ1) is 31.1. The zero-order chi connectivity index (χ0) is 36.3. The SMILES string of the molecule is c1ccc(-c2cccc(N(c3ccc(-c4cccc5oc6cc7nc(-c8ccccc8)oc7cc6c45)cc3)c3cc4ccccc4c4ccccc34)c2)cc1. The summed E-state index contributed by atoms with van der Waals surface area (Å²) in [6, 6.07) is 68.3. The Morgan fingerprint density at radius 1 is 0.382 bits per heavy atom. The van der Waals surface area contributed by atoms with Crippen molar-refractivity contribution in [2.45, 2.75) is 0 Å². The van der Waals surface area contributed by atoms with Crippen LogP contribution in [-0.4, -0.2) is 4.98 Å². The Labute approximate surface area is 317 Å². The van der Waals surface area contributed by atoms with Crippen LogP contribution in [0.15, 0.2) is 203 Å². The molecule has 2 aromatic heterocycles. The monoisotopic (exact) mass is 704 g/mol. The Balaban J connectivity index is 1.07. The first-order valence-electron chi connectivity index (χ1n) is 18.5. The molecule has 0 atom stereocenters. The van der Waals surface area contributed by atoms with Gasteiger partial charge in [-0.15, -0.1) is 0 Å². The molecule has 55 heavy (non-hydrogen) atoms. The van der Waals surface area contributed by atoms with E-state index >= 15 is 0 Å². The number of oxazole rings is 1. The van der Waals surface area contributed by atoms with Crippen molar-refractivity contribution in [3.8, 4) is 33.7 Å². The third kappa shape index (κ3) is 5.26. The number of fused-ring (bicyclic) bond motifs is 7. The van der Waals surface area contributed by atoms with E-state index in [1.807, 2.05) is 42.5 Å². The van der Waals surface area contributed by atoms with Crippen LogP contribution in [0, 0.1) is 0 Å². The Kier molecular flexibility index (Phi) is 7.14. The van der Waals surface area contributed by atoms with Crippen LogP contribution in [0.5, 0.6) is 0 Å². The van der Waals surface area contributed by atoms with Gasteiger partial charge in [-0.1, -0.05) is 133 Å². The summed E-state index contributed by atoms with van der Waals surface area (Å²) in [4.78, 5) is 7.18. The summed E-state index contributed by atoms with van der Waals surface area (Å²) in [6.45, 7) is 0. The molecule has 11 aromatic rings. The van der Waals surface area contributed by atoms with E-state index in [4.69, 9.17) is 13.8 Å². The van der Waals surface area contributed by atoms with Crippen molar-refractivity contribution >= 4 is 71.6 Å². The normalized spacial score (nSPS) is 11.6. The maximum atomic E-state index is 6.45. The molecule has 0 amide bonds. The molecule has 2 heterocycles. The molecule has 0 N–H and O–H groups in total. The van der Waals surface area contributed by atoms with Crippen LogP contribution in [0.4, 0.5) is 17.1 Å². The highest BCUT2D eigenvalue weighted by molar-refractivity contribution is 6.16. The van der Waals surface area contributed by atoms with Gasteiger partial charge in [0.2, 0.25) is 5.89 Å². The third-order valence-electron chi connectivity index (χ3n) is 10.7. The zero-order valence-corrected chi connectivity index (χ0v) is 29.7. The molecular weight excluding hydrogens is 673 g/mol. The summed E-state index contributed by atoms with van der Waals surface area (Å²) in [6.07, 6.45) is 0. The van der Waals surface area contributed by atoms with Crippen molar-refractivity contribution in [2.24, 2.45) is 0 Å². The fourth-order valence-corrected chi connectivity index (χ4v) is 8.08. The molecule has 4 nitrogen and oxygen atoms in total. The van der Waals surface area contributed by atoms with E-state index in [9.17, 15) is 0 Å². The van der Waals surface area contributed by atoms with E-state index in [2.05, 4.69) is 157 Å². The smallest absolute Gasteiger partial charge is 0.227 e. The molecule has 0 bridgehead atoms. The van der Waals surface area contributed by atoms with Gasteiger partial charge >= 0.3 is 0 Å². The number of rotatable bonds is 6. The second-order valence-electron chi connectivity index (χ2n) is 13.9. The van der Waals surface area contributed by atoms with Crippen LogP contribution in [0.3, 0.4) is 0 Å². The number of nitrogens with zero attached hydrogens (tertiary/aromatic N) is 2. The highest BCUT2D eigenvalue weighted by Crippen LogP contribution is 2.44. The average molecular weight is 705 g/mol. The van der Waals surface area contributed by atoms with Gasteiger partial charge < -0.3 is 13.7 Å². The summed E-state index contributed by atoms with van der Waals surface area (Å²) in [5, 5.41) is 6.92. The minimum absolute atomic E-state index is 0.599. The second-order valence-corrected chi connectivity index (χ2v) is 13.9. The first-order valence-corrected chi connectivity index (χ1v) is 18.5. The molecule has 0 saturated heterocycles. The summed E-state index contributed by atoms with van der Waals surface area (Å²) in [5.74, 6) is 0.599. The average Bonchev–Trinajstić information content (AvgIpc) is 3.84. The molecule has 11 rings (SSSR count). The summed E-state index contributed by atoms with van der Waals surface area (Å²) < 4.78 is 12.7. The van der Waals surface area contributed by atoms with Crippen LogP contribution in [0.2, 0.25) is 0 Å². The van der Waals surface area contributed by atoms with Crippen molar-refractivity contribution < 1.29 is 8.83 Å². The van der Waals surface area contributed by atoms with Crippen molar-refractivity contribution in [3.63, 3.8) is 0 Å². The van der Waals surface area contributed by atoms with Crippen LogP contribution in [0.25, 0.3) is 88.3 Å². The van der Waals surface area contributed by atoms with Gasteiger partial charge in [-0.3, -0.25) is 0 Å². The van der Waals surface area contributed by atoms with Gasteiger partial charge in [-0.2, -0.15) is 0 Å². The van der Waals surface area contributed by atoms with E-state index in [0.717, 1.165) is 66.8 Å². The van der Waals surface area contributed by atoms with Gasteiger partial charge in [-0.05, 0) is 93.0 Å². The molecule has 258 valence electrons. The Morgan fingerprint density at radius 3 is 1.89 bits per heavy atom. The van der Waals surface area contributed by atoms with Crippen molar-refractivity contribution in [3.05, 3.63) is 194 Å². The predicted molar refractivity (Wildman–Crippen MR) is 227 cm³/mol. The van der Waals surface area contributed by atoms with Gasteiger partial charge in [0.25, 0.3) is 0 Å². The van der Waals surface area contributed by atoms with Crippen molar-refractivity contribution in [2.75, 3.05) is 4.90 Å². The van der Waals surface area contributed by atoms with Crippen molar-refractivity contribution in [1.82, 2.24) is 4.98 Å². The summed E-state index contributed by atoms with van der Waals surface area (Å²) in [7, 11) is 0. The van der Waals surface area contributed by atoms with Gasteiger partial charge in [0.15, 0.2) is 5.58 Å². The molecule has 0 unspecified atom stereocenters. The maximum absolute atomic E-state index is 6.45. The Morgan fingerprint density at radius 2 is 1.07 bits per heavy atom. The number of furan rings is 1. The Bertz CT molecular complexity index is 3200. The number of anilines is 3. The molecule has 0 saturated carbocycles. The fourth-order valence-electron chi connectivity index (χ4n) is 8.08. The lowest BCUT2D eigenvalue weighted by Crippen LogP contribution is -2.10. The standard InChI is InChI=1S/C51H32N2O2/c1-3-13-33(14-4-1)36-18-11-19-39(29-36)53(46-30-37-17-7-8-20-40(37)42-21-9-10-22-43(42)46)38-27-25-34(26-28-38)41-23-12-24-47-50(41)44-31-49-45(32-48(44)54-47)52-51(55-49)35-15-5-2-6-16-35/h1-32H. The molecule has 0 spiro atoms. The molecular formula is C51H32N2O2. The molecule has 4 heteroatoms. The highest BCUT2D eigenvalue weighted by Gasteiger charge is 2.20. The number of benzene rings is 9. The first-order chi connectivity index (χ1) is 27.2. The minimum atomic E-state index is 0.599. The molecule has 0 aliphatic carbocycles. The molecule has 0 radical (unpaired) electrons. The Hall–Kier alpha value is -7.43. The van der Waals surface area contributed by atoms with E-state index in [1.165, 1.54) is 32.7 Å².